The number of nitrogens with one attached hydrogen (secondary N) is 4. The van der Waals surface area contributed by atoms with Gasteiger partial charge in [-0.3, -0.25) is 4.79 Å². The second-order valence-corrected chi connectivity index (χ2v) is 7.68. The van der Waals surface area contributed by atoms with Gasteiger partial charge in [-0.05, 0) is 58.7 Å². The number of anilines is 4. The number of carbonyl (C=O) groups excluding carboxylic acids is 1. The van der Waals surface area contributed by atoms with E-state index in [1.165, 1.54) is 0 Å². The van der Waals surface area contributed by atoms with Crippen LogP contribution in [0.15, 0.2) is 71.7 Å². The highest BCUT2D eigenvalue weighted by Gasteiger charge is 2.08. The standard InChI is InChI=1S/C22H21BrN8O/c23-17-14-28-22(31-20(17)30-19-4-1-2-10-24-19)29-16-8-6-15(7-9-16)21(32)27-11-3-5-18-25-12-13-26-18/h1-2,4,6-10,12-14H,3,5,11H2,(H,25,26)(H,27,32)(H2,24,28,29,30,31). The van der Waals surface area contributed by atoms with Crippen molar-refractivity contribution in [3.05, 3.63) is 83.1 Å². The molecule has 0 bridgehead atoms. The molecule has 0 atom stereocenters. The number of hydrogen-bond acceptors (Lipinski definition) is 7. The molecule has 0 aliphatic heterocycles. The van der Waals surface area contributed by atoms with Gasteiger partial charge in [0.1, 0.15) is 11.6 Å². The molecule has 32 heavy (non-hydrogen) atoms. The van der Waals surface area contributed by atoms with Crippen molar-refractivity contribution >= 4 is 45.1 Å². The summed E-state index contributed by atoms with van der Waals surface area (Å²) in [4.78, 5) is 32.6. The van der Waals surface area contributed by atoms with E-state index in [1.54, 1.807) is 36.9 Å². The molecule has 3 aromatic heterocycles. The topological polar surface area (TPSA) is 121 Å². The van der Waals surface area contributed by atoms with Gasteiger partial charge in [0.05, 0.1) is 4.47 Å². The molecule has 0 spiro atoms. The van der Waals surface area contributed by atoms with E-state index in [-0.39, 0.29) is 5.91 Å². The number of H-pyrrole nitrogens is 1. The van der Waals surface area contributed by atoms with Crippen LogP contribution in [-0.4, -0.2) is 37.4 Å². The van der Waals surface area contributed by atoms with Gasteiger partial charge in [0, 0.05) is 49.0 Å². The van der Waals surface area contributed by atoms with E-state index in [1.807, 2.05) is 30.3 Å². The molecule has 0 saturated heterocycles. The first-order valence-electron chi connectivity index (χ1n) is 10.0. The SMILES string of the molecule is O=C(NCCCc1ncc[nH]1)c1ccc(Nc2ncc(Br)c(Nc3ccccn3)n2)cc1. The van der Waals surface area contributed by atoms with Gasteiger partial charge in [-0.25, -0.2) is 15.0 Å². The Morgan fingerprint density at radius 3 is 2.62 bits per heavy atom. The Morgan fingerprint density at radius 2 is 1.88 bits per heavy atom. The first-order valence-corrected chi connectivity index (χ1v) is 10.8. The van der Waals surface area contributed by atoms with Gasteiger partial charge in [0.2, 0.25) is 5.95 Å². The summed E-state index contributed by atoms with van der Waals surface area (Å²) in [6, 6.07) is 12.7. The molecule has 9 nitrogen and oxygen atoms in total. The zero-order valence-electron chi connectivity index (χ0n) is 17.0. The zero-order valence-corrected chi connectivity index (χ0v) is 18.6. The van der Waals surface area contributed by atoms with Crippen molar-refractivity contribution in [2.24, 2.45) is 0 Å². The average molecular weight is 493 g/mol. The van der Waals surface area contributed by atoms with Crippen LogP contribution in [0.4, 0.5) is 23.3 Å². The molecule has 0 radical (unpaired) electrons. The Hall–Kier alpha value is -3.79. The van der Waals surface area contributed by atoms with Gasteiger partial charge < -0.3 is 20.9 Å². The van der Waals surface area contributed by atoms with Crippen LogP contribution in [0.2, 0.25) is 0 Å². The Labute approximate surface area is 193 Å². The lowest BCUT2D eigenvalue weighted by atomic mass is 10.2. The number of nitrogens with zero attached hydrogens (tertiary/aromatic N) is 4. The Balaban J connectivity index is 1.32. The van der Waals surface area contributed by atoms with Gasteiger partial charge in [-0.2, -0.15) is 4.98 Å². The number of benzene rings is 1. The molecular weight excluding hydrogens is 472 g/mol. The number of halogens is 1. The molecule has 0 fully saturated rings. The molecule has 4 aromatic rings. The molecule has 0 unspecified atom stereocenters. The largest absolute Gasteiger partial charge is 0.352 e. The molecule has 1 aromatic carbocycles. The van der Waals surface area contributed by atoms with Crippen LogP contribution in [0, 0.1) is 0 Å². The molecule has 10 heteroatoms. The average Bonchev–Trinajstić information content (AvgIpc) is 3.34. The van der Waals surface area contributed by atoms with Crippen LogP contribution < -0.4 is 16.0 Å². The molecule has 162 valence electrons. The molecule has 0 aliphatic rings. The van der Waals surface area contributed by atoms with Gasteiger partial charge in [-0.15, -0.1) is 0 Å². The number of aromatic nitrogens is 5. The Kier molecular flexibility index (Phi) is 7.03. The molecule has 4 rings (SSSR count). The van der Waals surface area contributed by atoms with Crippen molar-refractivity contribution in [1.82, 2.24) is 30.2 Å². The number of imidazole rings is 1. The minimum atomic E-state index is -0.113. The Morgan fingerprint density at radius 1 is 1.00 bits per heavy atom. The van der Waals surface area contributed by atoms with E-state index in [0.717, 1.165) is 24.4 Å². The van der Waals surface area contributed by atoms with Crippen molar-refractivity contribution in [2.75, 3.05) is 17.2 Å². The highest BCUT2D eigenvalue weighted by atomic mass is 79.9. The fraction of sp³-hybridized carbons (Fsp3) is 0.136. The van der Waals surface area contributed by atoms with E-state index in [0.29, 0.717) is 34.2 Å². The fourth-order valence-electron chi connectivity index (χ4n) is 2.90. The second kappa shape index (κ2) is 10.5. The van der Waals surface area contributed by atoms with Crippen molar-refractivity contribution in [3.63, 3.8) is 0 Å². The summed E-state index contributed by atoms with van der Waals surface area (Å²) in [7, 11) is 0. The summed E-state index contributed by atoms with van der Waals surface area (Å²) >= 11 is 3.44. The first-order chi connectivity index (χ1) is 15.7. The molecule has 4 N–H and O–H groups in total. The fourth-order valence-corrected chi connectivity index (χ4v) is 3.19. The molecule has 3 heterocycles. The summed E-state index contributed by atoms with van der Waals surface area (Å²) in [6.45, 7) is 0.582. The van der Waals surface area contributed by atoms with Crippen LogP contribution in [0.5, 0.6) is 0 Å². The number of aromatic amines is 1. The van der Waals surface area contributed by atoms with Crippen molar-refractivity contribution in [2.45, 2.75) is 12.8 Å². The minimum Gasteiger partial charge on any atom is -0.352 e. The number of carbonyl (C=O) groups is 1. The van der Waals surface area contributed by atoms with Crippen LogP contribution in [0.1, 0.15) is 22.6 Å². The molecular formula is C22H21BrN8O. The number of pyridine rings is 1. The minimum absolute atomic E-state index is 0.113. The summed E-state index contributed by atoms with van der Waals surface area (Å²) in [5.74, 6) is 2.49. The third-order valence-corrected chi connectivity index (χ3v) is 5.07. The quantitative estimate of drug-likeness (QED) is 0.258. The maximum atomic E-state index is 12.3. The smallest absolute Gasteiger partial charge is 0.251 e. The number of hydrogen-bond donors (Lipinski definition) is 4. The lowest BCUT2D eigenvalue weighted by molar-refractivity contribution is 0.0953. The molecule has 0 saturated carbocycles. The number of aryl methyl sites for hydroxylation is 1. The van der Waals surface area contributed by atoms with E-state index in [2.05, 4.69) is 56.8 Å². The van der Waals surface area contributed by atoms with Crippen LogP contribution in [-0.2, 0) is 6.42 Å². The molecule has 1 amide bonds. The molecule has 0 aliphatic carbocycles. The van der Waals surface area contributed by atoms with E-state index >= 15 is 0 Å². The maximum absolute atomic E-state index is 12.3. The summed E-state index contributed by atoms with van der Waals surface area (Å²) in [5, 5.41) is 9.22. The van der Waals surface area contributed by atoms with E-state index in [9.17, 15) is 4.79 Å². The van der Waals surface area contributed by atoms with Gasteiger partial charge >= 0.3 is 0 Å². The summed E-state index contributed by atoms with van der Waals surface area (Å²) in [5.41, 5.74) is 1.35. The zero-order chi connectivity index (χ0) is 22.2. The highest BCUT2D eigenvalue weighted by molar-refractivity contribution is 9.10. The van der Waals surface area contributed by atoms with Gasteiger partial charge in [0.15, 0.2) is 5.82 Å². The Bertz CT molecular complexity index is 1150. The van der Waals surface area contributed by atoms with E-state index < -0.39 is 0 Å². The predicted molar refractivity (Wildman–Crippen MR) is 126 cm³/mol. The van der Waals surface area contributed by atoms with Crippen molar-refractivity contribution in [1.29, 1.82) is 0 Å². The van der Waals surface area contributed by atoms with Crippen LogP contribution in [0.3, 0.4) is 0 Å². The monoisotopic (exact) mass is 492 g/mol. The van der Waals surface area contributed by atoms with Crippen molar-refractivity contribution in [3.8, 4) is 0 Å². The lowest BCUT2D eigenvalue weighted by Gasteiger charge is -2.10. The number of rotatable bonds is 9. The van der Waals surface area contributed by atoms with Gasteiger partial charge in [-0.1, -0.05) is 6.07 Å². The van der Waals surface area contributed by atoms with Gasteiger partial charge in [0.25, 0.3) is 5.91 Å². The predicted octanol–water partition coefficient (Wildman–Crippen LogP) is 4.21. The first kappa shape index (κ1) is 21.4. The third-order valence-electron chi connectivity index (χ3n) is 4.49. The normalized spacial score (nSPS) is 10.5. The van der Waals surface area contributed by atoms with Crippen LogP contribution >= 0.6 is 15.9 Å². The van der Waals surface area contributed by atoms with Crippen molar-refractivity contribution < 1.29 is 4.79 Å². The lowest BCUT2D eigenvalue weighted by Crippen LogP contribution is -2.24. The summed E-state index contributed by atoms with van der Waals surface area (Å²) in [6.07, 6.45) is 8.48. The van der Waals surface area contributed by atoms with E-state index in [4.69, 9.17) is 0 Å². The van der Waals surface area contributed by atoms with Crippen LogP contribution in [0.25, 0.3) is 0 Å². The highest BCUT2D eigenvalue weighted by Crippen LogP contribution is 2.24. The second-order valence-electron chi connectivity index (χ2n) is 6.83. The third kappa shape index (κ3) is 5.88. The number of amides is 1. The maximum Gasteiger partial charge on any atom is 0.251 e. The summed E-state index contributed by atoms with van der Waals surface area (Å²) < 4.78 is 0.716.